The number of carbonyl (C=O) groups excluding carboxylic acids is 1. The van der Waals surface area contributed by atoms with E-state index in [0.29, 0.717) is 16.3 Å². The third-order valence-corrected chi connectivity index (χ3v) is 3.77. The van der Waals surface area contributed by atoms with Crippen LogP contribution < -0.4 is 11.1 Å². The van der Waals surface area contributed by atoms with Gasteiger partial charge in [0.25, 0.3) is 5.91 Å². The molecule has 1 atom stereocenters. The van der Waals surface area contributed by atoms with E-state index in [1.165, 1.54) is 0 Å². The minimum absolute atomic E-state index is 0.225. The van der Waals surface area contributed by atoms with Gasteiger partial charge in [-0.1, -0.05) is 11.6 Å². The fourth-order valence-electron chi connectivity index (χ4n) is 2.58. The summed E-state index contributed by atoms with van der Waals surface area (Å²) >= 11 is 5.92. The number of aromatic nitrogens is 3. The maximum atomic E-state index is 12.3. The second kappa shape index (κ2) is 5.37. The number of aryl methyl sites for hydroxylation is 1. The molecule has 0 fully saturated rings. The van der Waals surface area contributed by atoms with Crippen molar-refractivity contribution in [1.82, 2.24) is 20.1 Å². The van der Waals surface area contributed by atoms with Crippen molar-refractivity contribution >= 4 is 23.2 Å². The number of rotatable bonds is 3. The summed E-state index contributed by atoms with van der Waals surface area (Å²) in [6, 6.07) is 4.57. The van der Waals surface area contributed by atoms with E-state index in [9.17, 15) is 4.79 Å². The average Bonchev–Trinajstić information content (AvgIpc) is 2.99. The van der Waals surface area contributed by atoms with Gasteiger partial charge in [0.2, 0.25) is 0 Å². The van der Waals surface area contributed by atoms with Gasteiger partial charge in [0.05, 0.1) is 6.04 Å². The van der Waals surface area contributed by atoms with Crippen LogP contribution in [-0.4, -0.2) is 20.7 Å². The molecule has 1 amide bonds. The zero-order valence-electron chi connectivity index (χ0n) is 11.6. The fraction of sp³-hybridized carbons (Fsp3) is 0.357. The van der Waals surface area contributed by atoms with E-state index in [1.807, 2.05) is 6.92 Å². The third-order valence-electron chi connectivity index (χ3n) is 3.56. The maximum Gasteiger partial charge on any atom is 0.251 e. The molecule has 110 valence electrons. The summed E-state index contributed by atoms with van der Waals surface area (Å²) in [5.41, 5.74) is 6.61. The summed E-state index contributed by atoms with van der Waals surface area (Å²) in [6.45, 7) is 2.80. The lowest BCUT2D eigenvalue weighted by Crippen LogP contribution is -2.28. The molecule has 0 radical (unpaired) electrons. The topological polar surface area (TPSA) is 85.8 Å². The number of hydrogen-bond donors (Lipinski definition) is 2. The predicted octanol–water partition coefficient (Wildman–Crippen LogP) is 1.95. The molecular weight excluding hydrogens is 290 g/mol. The lowest BCUT2D eigenvalue weighted by Gasteiger charge is -2.14. The van der Waals surface area contributed by atoms with Gasteiger partial charge in [-0.25, -0.2) is 0 Å². The molecule has 1 aliphatic rings. The molecule has 2 heterocycles. The van der Waals surface area contributed by atoms with Crippen LogP contribution in [0.5, 0.6) is 0 Å². The molecule has 0 saturated carbocycles. The SMILES string of the molecule is CC(NC(=O)c1cc(N)cc(Cl)c1)c1nnc2n1CCC2. The molecule has 1 aliphatic heterocycles. The first-order chi connectivity index (χ1) is 10.0. The molecule has 3 N–H and O–H groups in total. The zero-order chi connectivity index (χ0) is 15.0. The third kappa shape index (κ3) is 2.71. The Labute approximate surface area is 127 Å². The Morgan fingerprint density at radius 1 is 1.43 bits per heavy atom. The Kier molecular flexibility index (Phi) is 3.55. The molecule has 1 aromatic heterocycles. The van der Waals surface area contributed by atoms with Gasteiger partial charge in [-0.2, -0.15) is 0 Å². The molecule has 0 saturated heterocycles. The molecule has 0 spiro atoms. The van der Waals surface area contributed by atoms with E-state index in [0.717, 1.165) is 31.0 Å². The van der Waals surface area contributed by atoms with E-state index in [-0.39, 0.29) is 11.9 Å². The van der Waals surface area contributed by atoms with E-state index in [2.05, 4.69) is 20.1 Å². The minimum Gasteiger partial charge on any atom is -0.399 e. The number of hydrogen-bond acceptors (Lipinski definition) is 4. The van der Waals surface area contributed by atoms with E-state index in [4.69, 9.17) is 17.3 Å². The summed E-state index contributed by atoms with van der Waals surface area (Å²) in [7, 11) is 0. The van der Waals surface area contributed by atoms with Crippen molar-refractivity contribution in [3.05, 3.63) is 40.4 Å². The highest BCUT2D eigenvalue weighted by molar-refractivity contribution is 6.31. The number of nitrogen functional groups attached to an aromatic ring is 1. The Morgan fingerprint density at radius 3 is 3.00 bits per heavy atom. The highest BCUT2D eigenvalue weighted by atomic mass is 35.5. The van der Waals surface area contributed by atoms with Crippen LogP contribution in [0.1, 0.15) is 41.4 Å². The van der Waals surface area contributed by atoms with Crippen LogP contribution in [0, 0.1) is 0 Å². The number of fused-ring (bicyclic) bond motifs is 1. The first-order valence-corrected chi connectivity index (χ1v) is 7.21. The minimum atomic E-state index is -0.230. The molecule has 6 nitrogen and oxygen atoms in total. The largest absolute Gasteiger partial charge is 0.399 e. The number of nitrogens with zero attached hydrogens (tertiary/aromatic N) is 3. The lowest BCUT2D eigenvalue weighted by atomic mass is 10.1. The second-order valence-corrected chi connectivity index (χ2v) is 5.63. The fourth-order valence-corrected chi connectivity index (χ4v) is 2.82. The molecule has 7 heteroatoms. The van der Waals surface area contributed by atoms with Crippen LogP contribution in [0.2, 0.25) is 5.02 Å². The zero-order valence-corrected chi connectivity index (χ0v) is 12.4. The number of benzene rings is 1. The first kappa shape index (κ1) is 13.9. The van der Waals surface area contributed by atoms with E-state index >= 15 is 0 Å². The van der Waals surface area contributed by atoms with E-state index in [1.54, 1.807) is 18.2 Å². The summed E-state index contributed by atoms with van der Waals surface area (Å²) in [5, 5.41) is 11.7. The Bertz CT molecular complexity index is 676. The Hall–Kier alpha value is -2.08. The molecular formula is C14H16ClN5O. The first-order valence-electron chi connectivity index (χ1n) is 6.83. The molecule has 2 aromatic rings. The standard InChI is InChI=1S/C14H16ClN5O/c1-8(13-19-18-12-3-2-4-20(12)13)17-14(21)9-5-10(15)7-11(16)6-9/h5-8H,2-4,16H2,1H3,(H,17,21). The van der Waals surface area contributed by atoms with Gasteiger partial charge in [0.1, 0.15) is 5.82 Å². The second-order valence-electron chi connectivity index (χ2n) is 5.20. The van der Waals surface area contributed by atoms with Gasteiger partial charge >= 0.3 is 0 Å². The highest BCUT2D eigenvalue weighted by Gasteiger charge is 2.22. The maximum absolute atomic E-state index is 12.3. The van der Waals surface area contributed by atoms with Gasteiger partial charge < -0.3 is 15.6 Å². The van der Waals surface area contributed by atoms with Crippen molar-refractivity contribution in [1.29, 1.82) is 0 Å². The van der Waals surface area contributed by atoms with Crippen molar-refractivity contribution in [2.75, 3.05) is 5.73 Å². The number of nitrogens with one attached hydrogen (secondary N) is 1. The number of halogens is 1. The summed E-state index contributed by atoms with van der Waals surface area (Å²) < 4.78 is 2.07. The molecule has 1 unspecified atom stereocenters. The van der Waals surface area contributed by atoms with Crippen LogP contribution in [-0.2, 0) is 13.0 Å². The van der Waals surface area contributed by atoms with E-state index < -0.39 is 0 Å². The van der Waals surface area contributed by atoms with Crippen molar-refractivity contribution in [3.63, 3.8) is 0 Å². The molecule has 0 aliphatic carbocycles. The smallest absolute Gasteiger partial charge is 0.251 e. The van der Waals surface area contributed by atoms with Crippen molar-refractivity contribution in [2.24, 2.45) is 0 Å². The monoisotopic (exact) mass is 305 g/mol. The lowest BCUT2D eigenvalue weighted by molar-refractivity contribution is 0.0937. The summed E-state index contributed by atoms with van der Waals surface area (Å²) in [4.78, 5) is 12.3. The molecule has 21 heavy (non-hydrogen) atoms. The summed E-state index contributed by atoms with van der Waals surface area (Å²) in [5.74, 6) is 1.54. The van der Waals surface area contributed by atoms with Gasteiger partial charge in [0, 0.05) is 29.2 Å². The average molecular weight is 306 g/mol. The molecule has 3 rings (SSSR count). The van der Waals surface area contributed by atoms with Crippen LogP contribution in [0.25, 0.3) is 0 Å². The quantitative estimate of drug-likeness (QED) is 0.849. The van der Waals surface area contributed by atoms with Crippen molar-refractivity contribution in [2.45, 2.75) is 32.4 Å². The highest BCUT2D eigenvalue weighted by Crippen LogP contribution is 2.20. The normalized spacial score (nSPS) is 14.8. The van der Waals surface area contributed by atoms with Gasteiger partial charge in [-0.15, -0.1) is 10.2 Å². The number of anilines is 1. The van der Waals surface area contributed by atoms with Gasteiger partial charge in [-0.05, 0) is 31.5 Å². The number of amides is 1. The Morgan fingerprint density at radius 2 is 2.24 bits per heavy atom. The van der Waals surface area contributed by atoms with Crippen LogP contribution in [0.3, 0.4) is 0 Å². The molecule has 0 bridgehead atoms. The van der Waals surface area contributed by atoms with Gasteiger partial charge in [-0.3, -0.25) is 4.79 Å². The van der Waals surface area contributed by atoms with Gasteiger partial charge in [0.15, 0.2) is 5.82 Å². The predicted molar refractivity (Wildman–Crippen MR) is 80.1 cm³/mol. The van der Waals surface area contributed by atoms with Crippen molar-refractivity contribution in [3.8, 4) is 0 Å². The van der Waals surface area contributed by atoms with Crippen LogP contribution in [0.4, 0.5) is 5.69 Å². The number of nitrogens with two attached hydrogens (primary N) is 1. The molecule has 1 aromatic carbocycles. The van der Waals surface area contributed by atoms with Crippen LogP contribution in [0.15, 0.2) is 18.2 Å². The van der Waals surface area contributed by atoms with Crippen LogP contribution >= 0.6 is 11.6 Å². The summed E-state index contributed by atoms with van der Waals surface area (Å²) in [6.07, 6.45) is 2.02. The Balaban J connectivity index is 1.77. The van der Waals surface area contributed by atoms with Crippen molar-refractivity contribution < 1.29 is 4.79 Å². The number of carbonyl (C=O) groups is 1.